The van der Waals surface area contributed by atoms with Crippen LogP contribution in [0.2, 0.25) is 0 Å². The maximum atomic E-state index is 16.0. The molecule has 47 heavy (non-hydrogen) atoms. The van der Waals surface area contributed by atoms with E-state index in [1.54, 1.807) is 23.8 Å². The number of pyridine rings is 1. The standard InChI is InChI=1S/C33H43F3N8O2S/c1-21-25-5-4-6-28(29(25)34)33(35,36)23-7-13-42(14-8-23)18-24(37)19-43(38)11-2-3-12-44-31-27(30(41-21)39-20-40-31)17-26(32(44)45)22-9-15-47(46)16-10-22/h4-6,17,19-23H,2-3,7-16,18,37-38H2,1H3,(H,39,40,41)/b24-19-/t21-,22?,47?/m1/s1. The van der Waals surface area contributed by atoms with E-state index in [4.69, 9.17) is 11.6 Å². The molecule has 5 N–H and O–H groups in total. The van der Waals surface area contributed by atoms with Gasteiger partial charge in [-0.25, -0.2) is 29.0 Å². The van der Waals surface area contributed by atoms with Gasteiger partial charge in [-0.15, -0.1) is 0 Å². The van der Waals surface area contributed by atoms with Crippen LogP contribution in [0.25, 0.3) is 11.0 Å². The van der Waals surface area contributed by atoms with E-state index in [2.05, 4.69) is 15.3 Å². The molecule has 0 spiro atoms. The summed E-state index contributed by atoms with van der Waals surface area (Å²) in [6.07, 6.45) is 5.98. The van der Waals surface area contributed by atoms with E-state index in [1.807, 2.05) is 4.90 Å². The number of hydrazine groups is 1. The molecule has 1 atom stereocenters. The first-order valence-electron chi connectivity index (χ1n) is 16.4. The fourth-order valence-electron chi connectivity index (χ4n) is 7.16. The predicted molar refractivity (Wildman–Crippen MR) is 178 cm³/mol. The molecular weight excluding hydrogens is 629 g/mol. The van der Waals surface area contributed by atoms with Crippen molar-refractivity contribution in [1.82, 2.24) is 24.4 Å². The van der Waals surface area contributed by atoms with E-state index < -0.39 is 40.1 Å². The Labute approximate surface area is 274 Å². The van der Waals surface area contributed by atoms with Gasteiger partial charge in [-0.2, -0.15) is 0 Å². The molecule has 14 heteroatoms. The minimum atomic E-state index is -3.37. The molecule has 1 aromatic carbocycles. The van der Waals surface area contributed by atoms with E-state index in [-0.39, 0.29) is 29.9 Å². The van der Waals surface area contributed by atoms with Crippen LogP contribution in [0.1, 0.15) is 74.1 Å². The highest BCUT2D eigenvalue weighted by atomic mass is 32.2. The van der Waals surface area contributed by atoms with Crippen molar-refractivity contribution in [3.05, 3.63) is 75.4 Å². The summed E-state index contributed by atoms with van der Waals surface area (Å²) in [6.45, 7) is 3.80. The lowest BCUT2D eigenvalue weighted by molar-refractivity contribution is -0.0874. The number of nitrogens with zero attached hydrogens (tertiary/aromatic N) is 5. The first-order chi connectivity index (χ1) is 22.5. The molecule has 0 unspecified atom stereocenters. The van der Waals surface area contributed by atoms with E-state index >= 15 is 13.2 Å². The molecule has 8 bridgehead atoms. The SMILES string of the molecule is C[C@H]1Nc2ncnc3c2cc(C2CCS(=O)CC2)c(=O)n3CCCCN(N)/C=C(\N)CN2CCC(CC2)C(F)(F)c2cccc1c2F. The monoisotopic (exact) mass is 672 g/mol. The van der Waals surface area contributed by atoms with Gasteiger partial charge in [0, 0.05) is 70.9 Å². The zero-order valence-corrected chi connectivity index (χ0v) is 27.5. The lowest BCUT2D eigenvalue weighted by Gasteiger charge is -2.36. The number of hydrogen-bond donors (Lipinski definition) is 3. The first-order valence-corrected chi connectivity index (χ1v) is 17.9. The third-order valence-electron chi connectivity index (χ3n) is 9.83. The van der Waals surface area contributed by atoms with Crippen LogP contribution >= 0.6 is 0 Å². The lowest BCUT2D eigenvalue weighted by Crippen LogP contribution is -2.41. The fourth-order valence-corrected chi connectivity index (χ4v) is 8.46. The minimum absolute atomic E-state index is 0.0741. The van der Waals surface area contributed by atoms with Crippen molar-refractivity contribution in [2.75, 3.05) is 43.0 Å². The molecule has 7 rings (SSSR count). The van der Waals surface area contributed by atoms with Crippen LogP contribution in [-0.2, 0) is 23.3 Å². The first kappa shape index (κ1) is 33.4. The van der Waals surface area contributed by atoms with Crippen molar-refractivity contribution < 1.29 is 17.4 Å². The second-order valence-electron chi connectivity index (χ2n) is 13.0. The van der Waals surface area contributed by atoms with Gasteiger partial charge >= 0.3 is 0 Å². The highest BCUT2D eigenvalue weighted by molar-refractivity contribution is 7.85. The molecule has 0 amide bonds. The topological polar surface area (TPSA) is 135 Å². The summed E-state index contributed by atoms with van der Waals surface area (Å²) < 4.78 is 61.7. The molecule has 3 aromatic rings. The van der Waals surface area contributed by atoms with Crippen LogP contribution < -0.4 is 22.5 Å². The normalized spacial score (nSPS) is 28.6. The number of anilines is 1. The van der Waals surface area contributed by atoms with E-state index in [1.165, 1.54) is 29.5 Å². The van der Waals surface area contributed by atoms with Gasteiger partial charge in [0.25, 0.3) is 11.5 Å². The van der Waals surface area contributed by atoms with E-state index in [9.17, 15) is 9.00 Å². The van der Waals surface area contributed by atoms with Gasteiger partial charge in [-0.1, -0.05) is 18.2 Å². The van der Waals surface area contributed by atoms with Crippen LogP contribution in [0.15, 0.2) is 47.3 Å². The second-order valence-corrected chi connectivity index (χ2v) is 14.7. The zero-order chi connectivity index (χ0) is 33.3. The molecule has 4 aliphatic heterocycles. The molecule has 2 saturated heterocycles. The molecular formula is C33H43F3N8O2S. The summed E-state index contributed by atoms with van der Waals surface area (Å²) in [7, 11) is -0.900. The smallest absolute Gasteiger partial charge is 0.278 e. The lowest BCUT2D eigenvalue weighted by atomic mass is 9.85. The maximum Gasteiger partial charge on any atom is 0.278 e. The van der Waals surface area contributed by atoms with Gasteiger partial charge in [0.05, 0.1) is 17.0 Å². The Morgan fingerprint density at radius 3 is 2.49 bits per heavy atom. The number of nitrogens with one attached hydrogen (secondary N) is 1. The number of rotatable bonds is 1. The van der Waals surface area contributed by atoms with Crippen molar-refractivity contribution >= 4 is 27.7 Å². The van der Waals surface area contributed by atoms with Gasteiger partial charge < -0.3 is 16.1 Å². The van der Waals surface area contributed by atoms with E-state index in [0.717, 1.165) is 0 Å². The molecule has 0 radical (unpaired) electrons. The zero-order valence-electron chi connectivity index (χ0n) is 26.6. The molecule has 2 aromatic heterocycles. The van der Waals surface area contributed by atoms with E-state index in [0.29, 0.717) is 98.0 Å². The van der Waals surface area contributed by atoms with Gasteiger partial charge in [-0.3, -0.25) is 18.5 Å². The number of fused-ring (bicyclic) bond motifs is 9. The Hall–Kier alpha value is -3.49. The number of piperidine rings is 1. The molecule has 10 nitrogen and oxygen atoms in total. The molecule has 0 aliphatic carbocycles. The van der Waals surface area contributed by atoms with Crippen molar-refractivity contribution in [2.45, 2.75) is 69.9 Å². The number of alkyl halides is 2. The Balaban J connectivity index is 1.42. The minimum Gasteiger partial charge on any atom is -0.400 e. The molecule has 0 saturated carbocycles. The fraction of sp³-hybridized carbons (Fsp3) is 0.545. The van der Waals surface area contributed by atoms with Gasteiger partial charge in [-0.05, 0) is 70.5 Å². The Kier molecular flexibility index (Phi) is 9.90. The summed E-state index contributed by atoms with van der Waals surface area (Å²) in [5.41, 5.74) is 7.15. The van der Waals surface area contributed by atoms with Gasteiger partial charge in [0.2, 0.25) is 0 Å². The second kappa shape index (κ2) is 13.9. The number of aryl methyl sites for hydroxylation is 1. The van der Waals surface area contributed by atoms with Gasteiger partial charge in [0.15, 0.2) is 0 Å². The highest BCUT2D eigenvalue weighted by Crippen LogP contribution is 2.44. The summed E-state index contributed by atoms with van der Waals surface area (Å²) in [5, 5.41) is 5.34. The van der Waals surface area contributed by atoms with Gasteiger partial charge in [0.1, 0.15) is 23.6 Å². The number of benzene rings is 1. The molecule has 2 fully saturated rings. The van der Waals surface area contributed by atoms with Crippen LogP contribution in [0.5, 0.6) is 0 Å². The largest absolute Gasteiger partial charge is 0.400 e. The Morgan fingerprint density at radius 1 is 1.02 bits per heavy atom. The average Bonchev–Trinajstić information content (AvgIpc) is 3.04. The van der Waals surface area contributed by atoms with Crippen molar-refractivity contribution in [2.24, 2.45) is 17.5 Å². The third-order valence-corrected chi connectivity index (χ3v) is 11.2. The highest BCUT2D eigenvalue weighted by Gasteiger charge is 2.45. The van der Waals surface area contributed by atoms with Crippen LogP contribution in [-0.4, -0.2) is 66.3 Å². The predicted octanol–water partition coefficient (Wildman–Crippen LogP) is 4.30. The summed E-state index contributed by atoms with van der Waals surface area (Å²) in [6, 6.07) is 5.22. The molecule has 6 heterocycles. The number of halogens is 3. The summed E-state index contributed by atoms with van der Waals surface area (Å²) >= 11 is 0. The summed E-state index contributed by atoms with van der Waals surface area (Å²) in [5.74, 6) is 2.25. The van der Waals surface area contributed by atoms with Crippen LogP contribution in [0, 0.1) is 11.7 Å². The maximum absolute atomic E-state index is 16.0. The van der Waals surface area contributed by atoms with Crippen LogP contribution in [0.3, 0.4) is 0 Å². The number of nitrogens with two attached hydrogens (primary N) is 2. The number of aromatic nitrogens is 3. The third kappa shape index (κ3) is 7.05. The van der Waals surface area contributed by atoms with Crippen LogP contribution in [0.4, 0.5) is 19.0 Å². The van der Waals surface area contributed by atoms with Crippen molar-refractivity contribution in [1.29, 1.82) is 0 Å². The Morgan fingerprint density at radius 2 is 1.74 bits per heavy atom. The summed E-state index contributed by atoms with van der Waals surface area (Å²) in [4.78, 5) is 24.9. The molecule has 4 aliphatic rings. The van der Waals surface area contributed by atoms with Crippen molar-refractivity contribution in [3.63, 3.8) is 0 Å². The quantitative estimate of drug-likeness (QED) is 0.324. The Bertz CT molecular complexity index is 1720. The average molecular weight is 673 g/mol. The molecule has 254 valence electrons. The number of hydrogen-bond acceptors (Lipinski definition) is 9. The van der Waals surface area contributed by atoms with Crippen molar-refractivity contribution in [3.8, 4) is 0 Å².